The Hall–Kier alpha value is -3.75. The highest BCUT2D eigenvalue weighted by Gasteiger charge is 2.26. The number of carboxylic acids is 1. The van der Waals surface area contributed by atoms with Crippen molar-refractivity contribution in [3.63, 3.8) is 0 Å². The van der Waals surface area contributed by atoms with Crippen LogP contribution in [-0.2, 0) is 19.7 Å². The van der Waals surface area contributed by atoms with E-state index < -0.39 is 16.1 Å². The van der Waals surface area contributed by atoms with E-state index >= 15 is 0 Å². The van der Waals surface area contributed by atoms with Crippen LogP contribution in [0.2, 0.25) is 0 Å². The average Bonchev–Trinajstić information content (AvgIpc) is 2.79. The van der Waals surface area contributed by atoms with Crippen molar-refractivity contribution in [2.45, 2.75) is 12.8 Å². The molecular formula is C26H23NO6S. The highest BCUT2D eigenvalue weighted by molar-refractivity contribution is 7.85. The predicted octanol–water partition coefficient (Wildman–Crippen LogP) is 2.49. The smallest absolute Gasteiger partial charge is 0.337 e. The van der Waals surface area contributed by atoms with Crippen LogP contribution in [0.4, 0.5) is 11.4 Å². The molecule has 0 aromatic heterocycles. The molecule has 34 heavy (non-hydrogen) atoms. The lowest BCUT2D eigenvalue weighted by atomic mass is 9.94. The summed E-state index contributed by atoms with van der Waals surface area (Å²) in [6.07, 6.45) is 11.0. The van der Waals surface area contributed by atoms with Gasteiger partial charge >= 0.3 is 5.97 Å². The number of anilines is 2. The van der Waals surface area contributed by atoms with Gasteiger partial charge in [-0.1, -0.05) is 54.6 Å². The van der Waals surface area contributed by atoms with E-state index in [4.69, 9.17) is 4.55 Å². The topological polar surface area (TPSA) is 112 Å². The maximum Gasteiger partial charge on any atom is 0.337 e. The quantitative estimate of drug-likeness (QED) is 0.465. The van der Waals surface area contributed by atoms with E-state index in [1.807, 2.05) is 41.3 Å². The van der Waals surface area contributed by atoms with Crippen molar-refractivity contribution in [1.29, 1.82) is 0 Å². The predicted molar refractivity (Wildman–Crippen MR) is 131 cm³/mol. The summed E-state index contributed by atoms with van der Waals surface area (Å²) in [5.74, 6) is -1.42. The zero-order valence-corrected chi connectivity index (χ0v) is 19.0. The Morgan fingerprint density at radius 2 is 1.68 bits per heavy atom. The molecule has 0 fully saturated rings. The van der Waals surface area contributed by atoms with Crippen molar-refractivity contribution in [1.82, 2.24) is 0 Å². The molecule has 7 nitrogen and oxygen atoms in total. The second-order valence-corrected chi connectivity index (χ2v) is 9.59. The molecule has 2 aliphatic rings. The van der Waals surface area contributed by atoms with Crippen LogP contribution in [0.25, 0.3) is 11.6 Å². The molecule has 0 saturated carbocycles. The lowest BCUT2D eigenvalue weighted by molar-refractivity contribution is -0.130. The second-order valence-electron chi connectivity index (χ2n) is 8.02. The SMILES string of the molecule is O=C1C=CC(=C/C=c2/ccc3c(c2)N(CCCCS(=O)(=O)O)c2ccccc2C=3C(=O)O)C=C1. The molecule has 8 heteroatoms. The molecular weight excluding hydrogens is 454 g/mol. The second kappa shape index (κ2) is 9.62. The third kappa shape index (κ3) is 5.24. The Balaban J connectivity index is 1.79. The summed E-state index contributed by atoms with van der Waals surface area (Å²) in [5.41, 5.74) is 3.11. The highest BCUT2D eigenvalue weighted by atomic mass is 32.2. The Morgan fingerprint density at radius 3 is 2.38 bits per heavy atom. The van der Waals surface area contributed by atoms with E-state index in [0.717, 1.165) is 16.5 Å². The van der Waals surface area contributed by atoms with Crippen molar-refractivity contribution < 1.29 is 27.7 Å². The summed E-state index contributed by atoms with van der Waals surface area (Å²) < 4.78 is 31.2. The number of hydrogen-bond acceptors (Lipinski definition) is 5. The van der Waals surface area contributed by atoms with Crippen molar-refractivity contribution in [3.05, 3.63) is 94.4 Å². The fourth-order valence-corrected chi connectivity index (χ4v) is 4.65. The standard InChI is InChI=1S/C26H23NO6S/c28-20-12-9-18(10-13-20)7-8-19-11-14-22-24(17-19)27(15-3-4-16-34(31,32)33)23-6-2-1-5-21(23)25(22)26(29)30/h1-2,5-14,17H,3-4,15-16H2,(H,29,30)(H,31,32,33)/b19-8-. The third-order valence-corrected chi connectivity index (χ3v) is 6.45. The van der Waals surface area contributed by atoms with Gasteiger partial charge in [0.15, 0.2) is 5.78 Å². The van der Waals surface area contributed by atoms with E-state index in [1.165, 1.54) is 12.2 Å². The van der Waals surface area contributed by atoms with Gasteiger partial charge in [0, 0.05) is 28.7 Å². The zero-order chi connectivity index (χ0) is 24.3. The third-order valence-electron chi connectivity index (χ3n) is 5.64. The van der Waals surface area contributed by atoms with Gasteiger partial charge in [0.1, 0.15) is 0 Å². The largest absolute Gasteiger partial charge is 0.478 e. The molecule has 1 aliphatic carbocycles. The first-order valence-electron chi connectivity index (χ1n) is 10.7. The number of fused-ring (bicyclic) bond motifs is 2. The van der Waals surface area contributed by atoms with Crippen LogP contribution in [0.5, 0.6) is 0 Å². The molecule has 1 aliphatic heterocycles. The summed E-state index contributed by atoms with van der Waals surface area (Å²) in [6.45, 7) is 0.449. The number of carboxylic acid groups (broad SMARTS) is 1. The van der Waals surface area contributed by atoms with Crippen LogP contribution in [-0.4, -0.2) is 42.1 Å². The minimum atomic E-state index is -4.04. The Bertz CT molecular complexity index is 1460. The van der Waals surface area contributed by atoms with E-state index in [0.29, 0.717) is 29.4 Å². The van der Waals surface area contributed by atoms with E-state index in [9.17, 15) is 23.1 Å². The number of rotatable bonds is 7. The average molecular weight is 478 g/mol. The first-order valence-corrected chi connectivity index (χ1v) is 12.4. The fourth-order valence-electron chi connectivity index (χ4n) is 4.08. The van der Waals surface area contributed by atoms with E-state index in [-0.39, 0.29) is 23.5 Å². The molecule has 0 atom stereocenters. The number of carbonyl (C=O) groups excluding carboxylic acids is 1. The zero-order valence-electron chi connectivity index (χ0n) is 18.2. The van der Waals surface area contributed by atoms with Crippen molar-refractivity contribution in [3.8, 4) is 0 Å². The molecule has 2 aromatic carbocycles. The minimum absolute atomic E-state index is 0.0639. The molecule has 0 amide bonds. The van der Waals surface area contributed by atoms with Crippen molar-refractivity contribution in [2.75, 3.05) is 17.2 Å². The number of para-hydroxylation sites is 1. The van der Waals surface area contributed by atoms with Crippen LogP contribution in [0.1, 0.15) is 18.4 Å². The molecule has 0 saturated heterocycles. The number of unbranched alkanes of at least 4 members (excludes halogenated alkanes) is 1. The maximum atomic E-state index is 12.2. The first kappa shape index (κ1) is 23.4. The van der Waals surface area contributed by atoms with E-state index in [1.54, 1.807) is 30.4 Å². The molecule has 1 heterocycles. The highest BCUT2D eigenvalue weighted by Crippen LogP contribution is 2.34. The van der Waals surface area contributed by atoms with Gasteiger partial charge in [-0.25, -0.2) is 4.79 Å². The summed E-state index contributed by atoms with van der Waals surface area (Å²) in [4.78, 5) is 25.5. The van der Waals surface area contributed by atoms with Crippen molar-refractivity contribution in [2.24, 2.45) is 0 Å². The fraction of sp³-hybridized carbons (Fsp3) is 0.154. The van der Waals surface area contributed by atoms with E-state index in [2.05, 4.69) is 0 Å². The molecule has 0 radical (unpaired) electrons. The maximum absolute atomic E-state index is 12.2. The number of allylic oxidation sites excluding steroid dienone is 6. The van der Waals surface area contributed by atoms with Crippen LogP contribution in [0, 0.1) is 0 Å². The molecule has 0 bridgehead atoms. The van der Waals surface area contributed by atoms with Crippen LogP contribution in [0.15, 0.2) is 78.4 Å². The van der Waals surface area contributed by atoms with Gasteiger partial charge in [-0.2, -0.15) is 8.42 Å². The van der Waals surface area contributed by atoms with Gasteiger partial charge in [0.05, 0.1) is 11.3 Å². The lowest BCUT2D eigenvalue weighted by Crippen LogP contribution is -2.33. The number of carbonyl (C=O) groups is 2. The van der Waals surface area contributed by atoms with Gasteiger partial charge in [-0.15, -0.1) is 0 Å². The van der Waals surface area contributed by atoms with Gasteiger partial charge in [0.2, 0.25) is 0 Å². The number of nitrogens with zero attached hydrogens (tertiary/aromatic N) is 1. The molecule has 4 rings (SSSR count). The number of hydrogen-bond donors (Lipinski definition) is 2. The Labute approximate surface area is 197 Å². The monoisotopic (exact) mass is 477 g/mol. The molecule has 2 N–H and O–H groups in total. The van der Waals surface area contributed by atoms with Crippen molar-refractivity contribution >= 4 is 44.9 Å². The summed E-state index contributed by atoms with van der Waals surface area (Å²) >= 11 is 0. The van der Waals surface area contributed by atoms with Gasteiger partial charge in [-0.3, -0.25) is 9.35 Å². The Kier molecular flexibility index (Phi) is 6.63. The van der Waals surface area contributed by atoms with Gasteiger partial charge in [-0.05, 0) is 47.9 Å². The summed E-state index contributed by atoms with van der Waals surface area (Å²) in [6, 6.07) is 12.7. The van der Waals surface area contributed by atoms with Gasteiger partial charge < -0.3 is 10.0 Å². The van der Waals surface area contributed by atoms with Crippen LogP contribution in [0.3, 0.4) is 0 Å². The molecule has 0 spiro atoms. The number of aliphatic carboxylic acids is 1. The minimum Gasteiger partial charge on any atom is -0.478 e. The summed E-state index contributed by atoms with van der Waals surface area (Å²) in [7, 11) is -4.04. The molecule has 174 valence electrons. The van der Waals surface area contributed by atoms with Crippen LogP contribution >= 0.6 is 0 Å². The molecule has 0 unspecified atom stereocenters. The Morgan fingerprint density at radius 1 is 0.941 bits per heavy atom. The summed E-state index contributed by atoms with van der Waals surface area (Å²) in [5, 5.41) is 11.4. The van der Waals surface area contributed by atoms with Crippen LogP contribution < -0.4 is 15.3 Å². The van der Waals surface area contributed by atoms with Gasteiger partial charge in [0.25, 0.3) is 10.1 Å². The number of benzene rings is 2. The first-order chi connectivity index (χ1) is 16.2. The normalized spacial score (nSPS) is 15.4. The molecule has 2 aromatic rings. The number of ketones is 1. The lowest BCUT2D eigenvalue weighted by Gasteiger charge is -2.32.